The Kier molecular flexibility index (Phi) is 5.79. The number of hydrogen-bond acceptors (Lipinski definition) is 1. The van der Waals surface area contributed by atoms with Crippen LogP contribution in [0, 0.1) is 19.7 Å². The molecule has 1 fully saturated rings. The van der Waals surface area contributed by atoms with Crippen LogP contribution in [0.2, 0.25) is 0 Å². The first-order valence-electron chi connectivity index (χ1n) is 8.87. The molecule has 0 spiro atoms. The lowest BCUT2D eigenvalue weighted by atomic mass is 10.00. The highest BCUT2D eigenvalue weighted by molar-refractivity contribution is 5.95. The number of likely N-dealkylation sites (tertiary alicyclic amines) is 1. The maximum atomic E-state index is 13.5. The number of benzene rings is 1. The summed E-state index contributed by atoms with van der Waals surface area (Å²) in [6.45, 7) is 11.1. The lowest BCUT2D eigenvalue weighted by Gasteiger charge is -2.45. The van der Waals surface area contributed by atoms with E-state index in [2.05, 4.69) is 19.2 Å². The van der Waals surface area contributed by atoms with Crippen LogP contribution in [0.15, 0.2) is 12.1 Å². The van der Waals surface area contributed by atoms with Crippen molar-refractivity contribution in [2.75, 3.05) is 25.0 Å². The van der Waals surface area contributed by atoms with Crippen molar-refractivity contribution >= 4 is 11.6 Å². The monoisotopic (exact) mass is 321 g/mol. The molecular formula is C19H30FN2O+. The number of halogens is 1. The molecule has 128 valence electrons. The Hall–Kier alpha value is -1.42. The summed E-state index contributed by atoms with van der Waals surface area (Å²) in [5.41, 5.74) is 2.33. The van der Waals surface area contributed by atoms with E-state index >= 15 is 0 Å². The Morgan fingerprint density at radius 3 is 2.22 bits per heavy atom. The summed E-state index contributed by atoms with van der Waals surface area (Å²) in [6, 6.07) is 2.94. The molecule has 1 aliphatic heterocycles. The maximum absolute atomic E-state index is 13.5. The van der Waals surface area contributed by atoms with E-state index in [9.17, 15) is 9.18 Å². The van der Waals surface area contributed by atoms with Crippen LogP contribution in [-0.2, 0) is 4.79 Å². The predicted molar refractivity (Wildman–Crippen MR) is 93.0 cm³/mol. The predicted octanol–water partition coefficient (Wildman–Crippen LogP) is 4.18. The number of quaternary nitrogens is 1. The van der Waals surface area contributed by atoms with Crippen LogP contribution < -0.4 is 5.32 Å². The van der Waals surface area contributed by atoms with Gasteiger partial charge in [0.2, 0.25) is 0 Å². The Morgan fingerprint density at radius 2 is 1.74 bits per heavy atom. The van der Waals surface area contributed by atoms with Crippen LogP contribution in [0.5, 0.6) is 0 Å². The molecule has 1 heterocycles. The van der Waals surface area contributed by atoms with Gasteiger partial charge in [-0.1, -0.05) is 6.92 Å². The smallest absolute Gasteiger partial charge is 0.282 e. The number of nitrogens with one attached hydrogen (secondary N) is 1. The second kappa shape index (κ2) is 7.43. The summed E-state index contributed by atoms with van der Waals surface area (Å²) in [4.78, 5) is 13.0. The SMILES string of the molecule is CCC(C(=O)Nc1c(C)cc(F)cc1C)[N+]1(CC)CCCCC1. The van der Waals surface area contributed by atoms with Gasteiger partial charge in [0, 0.05) is 12.1 Å². The molecule has 3 nitrogen and oxygen atoms in total. The second-order valence-electron chi connectivity index (χ2n) is 6.87. The van der Waals surface area contributed by atoms with Gasteiger partial charge in [0.1, 0.15) is 5.82 Å². The van der Waals surface area contributed by atoms with E-state index in [0.29, 0.717) is 0 Å². The van der Waals surface area contributed by atoms with Crippen LogP contribution in [-0.4, -0.2) is 36.1 Å². The molecule has 4 heteroatoms. The van der Waals surface area contributed by atoms with E-state index in [1.54, 1.807) is 0 Å². The zero-order valence-electron chi connectivity index (χ0n) is 14.9. The molecule has 2 rings (SSSR count). The maximum Gasteiger partial charge on any atom is 0.282 e. The molecule has 1 amide bonds. The van der Waals surface area contributed by atoms with Gasteiger partial charge in [-0.25, -0.2) is 4.39 Å². The molecule has 0 aromatic heterocycles. The highest BCUT2D eigenvalue weighted by Crippen LogP contribution is 2.27. The van der Waals surface area contributed by atoms with E-state index in [1.165, 1.54) is 31.4 Å². The molecule has 0 aliphatic carbocycles. The van der Waals surface area contributed by atoms with Gasteiger partial charge in [-0.2, -0.15) is 0 Å². The topological polar surface area (TPSA) is 29.1 Å². The van der Waals surface area contributed by atoms with Crippen LogP contribution >= 0.6 is 0 Å². The third-order valence-corrected chi connectivity index (χ3v) is 5.43. The summed E-state index contributed by atoms with van der Waals surface area (Å²) >= 11 is 0. The highest BCUT2D eigenvalue weighted by atomic mass is 19.1. The minimum atomic E-state index is -0.252. The van der Waals surface area contributed by atoms with Crippen molar-refractivity contribution in [3.8, 4) is 0 Å². The molecular weight excluding hydrogens is 291 g/mol. The summed E-state index contributed by atoms with van der Waals surface area (Å²) < 4.78 is 14.4. The number of carbonyl (C=O) groups is 1. The number of amides is 1. The fraction of sp³-hybridized carbons (Fsp3) is 0.632. The number of aryl methyl sites for hydroxylation is 2. The van der Waals surface area contributed by atoms with Gasteiger partial charge in [0.25, 0.3) is 5.91 Å². The summed E-state index contributed by atoms with van der Waals surface area (Å²) in [6.07, 6.45) is 4.51. The van der Waals surface area contributed by atoms with Crippen molar-refractivity contribution in [1.29, 1.82) is 0 Å². The Bertz CT molecular complexity index is 541. The second-order valence-corrected chi connectivity index (χ2v) is 6.87. The van der Waals surface area contributed by atoms with E-state index < -0.39 is 0 Å². The standard InChI is InChI=1S/C19H29FN2O/c1-5-17(22(6-2)10-8-7-9-11-22)19(23)21-18-14(3)12-16(20)13-15(18)4/h12-13,17H,5-11H2,1-4H3/p+1. The molecule has 0 bridgehead atoms. The molecule has 1 aliphatic rings. The van der Waals surface area contributed by atoms with Crippen molar-refractivity contribution < 1.29 is 13.7 Å². The van der Waals surface area contributed by atoms with Crippen molar-refractivity contribution in [1.82, 2.24) is 0 Å². The molecule has 1 saturated heterocycles. The molecule has 1 N–H and O–H groups in total. The van der Waals surface area contributed by atoms with Gasteiger partial charge in [-0.15, -0.1) is 0 Å². The molecule has 23 heavy (non-hydrogen) atoms. The van der Waals surface area contributed by atoms with E-state index in [1.807, 2.05) is 13.8 Å². The van der Waals surface area contributed by atoms with Crippen molar-refractivity contribution in [2.45, 2.75) is 59.4 Å². The fourth-order valence-corrected chi connectivity index (χ4v) is 4.13. The quantitative estimate of drug-likeness (QED) is 0.810. The fourth-order valence-electron chi connectivity index (χ4n) is 4.13. The number of nitrogens with zero attached hydrogens (tertiary/aromatic N) is 1. The Balaban J connectivity index is 2.24. The normalized spacial score (nSPS) is 18.5. The molecule has 0 saturated carbocycles. The molecule has 1 atom stereocenters. The summed E-state index contributed by atoms with van der Waals surface area (Å²) in [5.74, 6) is -0.174. The highest BCUT2D eigenvalue weighted by Gasteiger charge is 2.40. The first-order valence-corrected chi connectivity index (χ1v) is 8.87. The number of piperidine rings is 1. The average Bonchev–Trinajstić information content (AvgIpc) is 2.52. The zero-order chi connectivity index (χ0) is 17.0. The third kappa shape index (κ3) is 3.74. The van der Waals surface area contributed by atoms with Gasteiger partial charge in [0.05, 0.1) is 19.6 Å². The third-order valence-electron chi connectivity index (χ3n) is 5.43. The lowest BCUT2D eigenvalue weighted by Crippen LogP contribution is -2.61. The van der Waals surface area contributed by atoms with Gasteiger partial charge in [-0.3, -0.25) is 4.79 Å². The molecule has 0 radical (unpaired) electrons. The number of likely N-dealkylation sites (N-methyl/N-ethyl adjacent to an activating group) is 1. The first-order chi connectivity index (χ1) is 10.9. The average molecular weight is 321 g/mol. The minimum Gasteiger partial charge on any atom is -0.320 e. The van der Waals surface area contributed by atoms with E-state index in [0.717, 1.165) is 47.4 Å². The first kappa shape index (κ1) is 17.9. The zero-order valence-corrected chi connectivity index (χ0v) is 14.9. The van der Waals surface area contributed by atoms with Gasteiger partial charge < -0.3 is 9.80 Å². The number of anilines is 1. The van der Waals surface area contributed by atoms with Gasteiger partial charge in [-0.05, 0) is 63.3 Å². The molecule has 1 aromatic rings. The van der Waals surface area contributed by atoms with E-state index in [-0.39, 0.29) is 17.8 Å². The largest absolute Gasteiger partial charge is 0.320 e. The number of hydrogen-bond donors (Lipinski definition) is 1. The van der Waals surface area contributed by atoms with Gasteiger partial charge in [0.15, 0.2) is 6.04 Å². The number of carbonyl (C=O) groups excluding carboxylic acids is 1. The van der Waals surface area contributed by atoms with Gasteiger partial charge >= 0.3 is 0 Å². The summed E-state index contributed by atoms with van der Waals surface area (Å²) in [7, 11) is 0. The Morgan fingerprint density at radius 1 is 1.17 bits per heavy atom. The van der Waals surface area contributed by atoms with Crippen LogP contribution in [0.25, 0.3) is 0 Å². The van der Waals surface area contributed by atoms with Crippen molar-refractivity contribution in [3.63, 3.8) is 0 Å². The van der Waals surface area contributed by atoms with Crippen LogP contribution in [0.1, 0.15) is 50.7 Å². The van der Waals surface area contributed by atoms with Crippen LogP contribution in [0.4, 0.5) is 10.1 Å². The van der Waals surface area contributed by atoms with Crippen molar-refractivity contribution in [2.24, 2.45) is 0 Å². The molecule has 1 unspecified atom stereocenters. The summed E-state index contributed by atoms with van der Waals surface area (Å²) in [5, 5.41) is 3.09. The minimum absolute atomic E-state index is 0.0239. The van der Waals surface area contributed by atoms with Crippen molar-refractivity contribution in [3.05, 3.63) is 29.1 Å². The lowest BCUT2D eigenvalue weighted by molar-refractivity contribution is -0.945. The molecule has 1 aromatic carbocycles. The number of rotatable bonds is 5. The van der Waals surface area contributed by atoms with Crippen LogP contribution in [0.3, 0.4) is 0 Å². The van der Waals surface area contributed by atoms with E-state index in [4.69, 9.17) is 0 Å². The Labute approximate surface area is 139 Å².